The van der Waals surface area contributed by atoms with Crippen LogP contribution >= 0.6 is 0 Å². The van der Waals surface area contributed by atoms with Crippen LogP contribution in [0.25, 0.3) is 0 Å². The zero-order chi connectivity index (χ0) is 15.8. The predicted molar refractivity (Wildman–Crippen MR) is 83.5 cm³/mol. The Bertz CT molecular complexity index is 456. The Morgan fingerprint density at radius 2 is 1.76 bits per heavy atom. The van der Waals surface area contributed by atoms with E-state index in [9.17, 15) is 14.7 Å². The van der Waals surface area contributed by atoms with Crippen LogP contribution in [0.3, 0.4) is 0 Å². The molecule has 2 atom stereocenters. The number of ketones is 1. The van der Waals surface area contributed by atoms with E-state index in [0.29, 0.717) is 12.0 Å². The Labute approximate surface area is 126 Å². The molecular weight excluding hydrogens is 266 g/mol. The van der Waals surface area contributed by atoms with Crippen molar-refractivity contribution in [2.45, 2.75) is 26.2 Å². The molecule has 0 aliphatic heterocycles. The smallest absolute Gasteiger partial charge is 0.307 e. The third kappa shape index (κ3) is 5.68. The molecule has 0 saturated heterocycles. The number of Topliss-reactive ketones (excluding diaryl/α,β-unsaturated/α-hetero) is 1. The van der Waals surface area contributed by atoms with Gasteiger partial charge in [-0.25, -0.2) is 0 Å². The first kappa shape index (κ1) is 17.4. The van der Waals surface area contributed by atoms with Gasteiger partial charge in [-0.15, -0.1) is 0 Å². The lowest BCUT2D eigenvalue weighted by Gasteiger charge is -2.19. The highest BCUT2D eigenvalue weighted by atomic mass is 16.4. The minimum Gasteiger partial charge on any atom is -0.481 e. The first-order valence-electron chi connectivity index (χ1n) is 7.40. The molecule has 0 bridgehead atoms. The number of rotatable bonds is 9. The molecule has 0 heterocycles. The van der Waals surface area contributed by atoms with Crippen molar-refractivity contribution in [1.82, 2.24) is 4.90 Å². The van der Waals surface area contributed by atoms with E-state index in [1.165, 1.54) is 0 Å². The van der Waals surface area contributed by atoms with E-state index in [1.807, 2.05) is 20.2 Å². The van der Waals surface area contributed by atoms with E-state index < -0.39 is 17.8 Å². The summed E-state index contributed by atoms with van der Waals surface area (Å²) in [6, 6.07) is 8.92. The standard InChI is InChI=1S/C17H25NO3/c1-13(16(19)14-9-5-4-6-10-14)15(17(20)21)11-7-8-12-18(2)3/h4-6,9-10,13,15H,7-8,11-12H2,1-3H3,(H,20,21). The zero-order valence-corrected chi connectivity index (χ0v) is 13.1. The molecule has 1 rings (SSSR count). The lowest BCUT2D eigenvalue weighted by atomic mass is 9.84. The van der Waals surface area contributed by atoms with Crippen LogP contribution in [0.5, 0.6) is 0 Å². The number of benzene rings is 1. The van der Waals surface area contributed by atoms with E-state index >= 15 is 0 Å². The van der Waals surface area contributed by atoms with Gasteiger partial charge in [0.2, 0.25) is 0 Å². The summed E-state index contributed by atoms with van der Waals surface area (Å²) in [6.45, 7) is 2.66. The Kier molecular flexibility index (Phi) is 7.09. The van der Waals surface area contributed by atoms with Gasteiger partial charge in [-0.05, 0) is 33.5 Å². The molecule has 0 saturated carbocycles. The zero-order valence-electron chi connectivity index (χ0n) is 13.1. The van der Waals surface area contributed by atoms with Crippen molar-refractivity contribution in [3.05, 3.63) is 35.9 Å². The fourth-order valence-electron chi connectivity index (χ4n) is 2.43. The summed E-state index contributed by atoms with van der Waals surface area (Å²) < 4.78 is 0. The van der Waals surface area contributed by atoms with E-state index in [2.05, 4.69) is 4.90 Å². The van der Waals surface area contributed by atoms with Gasteiger partial charge >= 0.3 is 5.97 Å². The molecule has 2 unspecified atom stereocenters. The molecule has 0 aliphatic rings. The molecule has 0 aliphatic carbocycles. The molecule has 1 aromatic carbocycles. The number of carboxylic acid groups (broad SMARTS) is 1. The van der Waals surface area contributed by atoms with Gasteiger partial charge < -0.3 is 10.0 Å². The van der Waals surface area contributed by atoms with Gasteiger partial charge in [0.25, 0.3) is 0 Å². The van der Waals surface area contributed by atoms with E-state index in [-0.39, 0.29) is 5.78 Å². The molecule has 0 radical (unpaired) electrons. The Morgan fingerprint density at radius 3 is 2.29 bits per heavy atom. The number of carboxylic acids is 1. The van der Waals surface area contributed by atoms with Crippen molar-refractivity contribution >= 4 is 11.8 Å². The highest BCUT2D eigenvalue weighted by molar-refractivity contribution is 5.99. The number of carbonyl (C=O) groups is 2. The van der Waals surface area contributed by atoms with Crippen molar-refractivity contribution in [2.24, 2.45) is 11.8 Å². The summed E-state index contributed by atoms with van der Waals surface area (Å²) in [4.78, 5) is 25.9. The van der Waals surface area contributed by atoms with Crippen molar-refractivity contribution in [3.63, 3.8) is 0 Å². The van der Waals surface area contributed by atoms with Crippen LogP contribution < -0.4 is 0 Å². The van der Waals surface area contributed by atoms with Crippen LogP contribution in [-0.4, -0.2) is 42.4 Å². The summed E-state index contributed by atoms with van der Waals surface area (Å²) in [6.07, 6.45) is 2.31. The first-order chi connectivity index (χ1) is 9.93. The Hall–Kier alpha value is -1.68. The van der Waals surface area contributed by atoms with Crippen LogP contribution in [-0.2, 0) is 4.79 Å². The average Bonchev–Trinajstić information content (AvgIpc) is 2.46. The lowest BCUT2D eigenvalue weighted by molar-refractivity contribution is -0.143. The lowest BCUT2D eigenvalue weighted by Crippen LogP contribution is -2.28. The third-order valence-electron chi connectivity index (χ3n) is 3.76. The summed E-state index contributed by atoms with van der Waals surface area (Å²) >= 11 is 0. The highest BCUT2D eigenvalue weighted by Gasteiger charge is 2.29. The van der Waals surface area contributed by atoms with Crippen molar-refractivity contribution in [1.29, 1.82) is 0 Å². The Balaban J connectivity index is 2.63. The molecule has 0 amide bonds. The topological polar surface area (TPSA) is 57.6 Å². The number of hydrogen-bond donors (Lipinski definition) is 1. The van der Waals surface area contributed by atoms with Crippen LogP contribution in [0.2, 0.25) is 0 Å². The minimum atomic E-state index is -0.878. The fourth-order valence-corrected chi connectivity index (χ4v) is 2.43. The molecule has 21 heavy (non-hydrogen) atoms. The van der Waals surface area contributed by atoms with Gasteiger partial charge in [-0.2, -0.15) is 0 Å². The quantitative estimate of drug-likeness (QED) is 0.561. The second-order valence-corrected chi connectivity index (χ2v) is 5.76. The fraction of sp³-hybridized carbons (Fsp3) is 0.529. The second-order valence-electron chi connectivity index (χ2n) is 5.76. The summed E-state index contributed by atoms with van der Waals surface area (Å²) in [5.74, 6) is -2.07. The monoisotopic (exact) mass is 291 g/mol. The second kappa shape index (κ2) is 8.57. The Morgan fingerprint density at radius 1 is 1.14 bits per heavy atom. The maximum Gasteiger partial charge on any atom is 0.307 e. The molecular formula is C17H25NO3. The highest BCUT2D eigenvalue weighted by Crippen LogP contribution is 2.23. The molecule has 1 aromatic rings. The van der Waals surface area contributed by atoms with E-state index in [1.54, 1.807) is 31.2 Å². The van der Waals surface area contributed by atoms with Crippen LogP contribution in [0.15, 0.2) is 30.3 Å². The number of carbonyl (C=O) groups excluding carboxylic acids is 1. The minimum absolute atomic E-state index is 0.0874. The number of aliphatic carboxylic acids is 1. The molecule has 1 N–H and O–H groups in total. The van der Waals surface area contributed by atoms with Crippen LogP contribution in [0, 0.1) is 11.8 Å². The predicted octanol–water partition coefficient (Wildman–Crippen LogP) is 2.94. The molecule has 0 aromatic heterocycles. The summed E-state index contributed by atoms with van der Waals surface area (Å²) in [5.41, 5.74) is 0.588. The largest absolute Gasteiger partial charge is 0.481 e. The third-order valence-corrected chi connectivity index (χ3v) is 3.76. The van der Waals surface area contributed by atoms with Gasteiger partial charge in [0.15, 0.2) is 5.78 Å². The molecule has 0 spiro atoms. The summed E-state index contributed by atoms with van der Waals surface area (Å²) in [7, 11) is 3.99. The van der Waals surface area contributed by atoms with Crippen molar-refractivity contribution in [3.8, 4) is 0 Å². The van der Waals surface area contributed by atoms with Gasteiger partial charge in [-0.1, -0.05) is 43.7 Å². The van der Waals surface area contributed by atoms with Crippen molar-refractivity contribution in [2.75, 3.05) is 20.6 Å². The normalized spacial score (nSPS) is 13.9. The van der Waals surface area contributed by atoms with Gasteiger partial charge in [0.05, 0.1) is 5.92 Å². The molecule has 116 valence electrons. The van der Waals surface area contributed by atoms with E-state index in [0.717, 1.165) is 19.4 Å². The van der Waals surface area contributed by atoms with E-state index in [4.69, 9.17) is 0 Å². The first-order valence-corrected chi connectivity index (χ1v) is 7.40. The van der Waals surface area contributed by atoms with Crippen molar-refractivity contribution < 1.29 is 14.7 Å². The number of unbranched alkanes of at least 4 members (excludes halogenated alkanes) is 1. The maximum atomic E-state index is 12.4. The number of nitrogens with zero attached hydrogens (tertiary/aromatic N) is 1. The molecule has 0 fully saturated rings. The van der Waals surface area contributed by atoms with Gasteiger partial charge in [0, 0.05) is 11.5 Å². The van der Waals surface area contributed by atoms with Gasteiger partial charge in [-0.3, -0.25) is 9.59 Å². The molecule has 4 nitrogen and oxygen atoms in total. The summed E-state index contributed by atoms with van der Waals surface area (Å²) in [5, 5.41) is 9.39. The van der Waals surface area contributed by atoms with Crippen LogP contribution in [0.1, 0.15) is 36.5 Å². The molecule has 4 heteroatoms. The van der Waals surface area contributed by atoms with Gasteiger partial charge in [0.1, 0.15) is 0 Å². The maximum absolute atomic E-state index is 12.4. The van der Waals surface area contributed by atoms with Crippen LogP contribution in [0.4, 0.5) is 0 Å². The SMILES string of the molecule is CC(C(=O)c1ccccc1)C(CCCCN(C)C)C(=O)O. The number of hydrogen-bond acceptors (Lipinski definition) is 3. The average molecular weight is 291 g/mol.